The lowest BCUT2D eigenvalue weighted by Gasteiger charge is -2.13. The number of benzene rings is 2. The van der Waals surface area contributed by atoms with Gasteiger partial charge in [-0.25, -0.2) is 4.98 Å². The number of primary amides is 1. The number of nitrogens with two attached hydrogens (primary N) is 1. The fourth-order valence-electron chi connectivity index (χ4n) is 3.62. The van der Waals surface area contributed by atoms with Crippen molar-refractivity contribution in [2.45, 2.75) is 26.4 Å². The second-order valence-corrected chi connectivity index (χ2v) is 7.75. The van der Waals surface area contributed by atoms with E-state index in [2.05, 4.69) is 4.98 Å². The van der Waals surface area contributed by atoms with Gasteiger partial charge in [0.1, 0.15) is 17.1 Å². The van der Waals surface area contributed by atoms with Gasteiger partial charge in [0.15, 0.2) is 0 Å². The smallest absolute Gasteiger partial charge is 0.309 e. The number of nitrogens with zero attached hydrogens (tertiary/aromatic N) is 2. The van der Waals surface area contributed by atoms with Crippen LogP contribution in [0.4, 0.5) is 0 Å². The van der Waals surface area contributed by atoms with Gasteiger partial charge in [-0.3, -0.25) is 9.59 Å². The number of rotatable bonds is 8. The SMILES string of the molecule is CC(C)Oc1ccc(-n2c(CC(=O)O)cc3cc(Oc4ncccc4C(N)=O)ccc32)cc1. The monoisotopic (exact) mass is 445 g/mol. The van der Waals surface area contributed by atoms with Gasteiger partial charge in [-0.2, -0.15) is 0 Å². The fraction of sp³-hybridized carbons (Fsp3) is 0.160. The molecule has 4 rings (SSSR count). The lowest BCUT2D eigenvalue weighted by molar-refractivity contribution is -0.136. The van der Waals surface area contributed by atoms with Gasteiger partial charge in [0, 0.05) is 23.0 Å². The third-order valence-corrected chi connectivity index (χ3v) is 4.90. The number of ether oxygens (including phenoxy) is 2. The number of hydrogen-bond donors (Lipinski definition) is 2. The van der Waals surface area contributed by atoms with E-state index in [-0.39, 0.29) is 24.0 Å². The Morgan fingerprint density at radius 1 is 1.06 bits per heavy atom. The zero-order valence-electron chi connectivity index (χ0n) is 18.2. The van der Waals surface area contributed by atoms with Crippen molar-refractivity contribution in [3.8, 4) is 23.1 Å². The Hall–Kier alpha value is -4.33. The van der Waals surface area contributed by atoms with Crippen molar-refractivity contribution in [3.63, 3.8) is 0 Å². The minimum Gasteiger partial charge on any atom is -0.491 e. The van der Waals surface area contributed by atoms with Gasteiger partial charge in [-0.1, -0.05) is 0 Å². The number of fused-ring (bicyclic) bond motifs is 1. The van der Waals surface area contributed by atoms with Crippen LogP contribution in [0.5, 0.6) is 17.4 Å². The summed E-state index contributed by atoms with van der Waals surface area (Å²) >= 11 is 0. The highest BCUT2D eigenvalue weighted by molar-refractivity contribution is 5.95. The fourth-order valence-corrected chi connectivity index (χ4v) is 3.62. The van der Waals surface area contributed by atoms with Crippen LogP contribution in [-0.4, -0.2) is 32.6 Å². The molecule has 0 bridgehead atoms. The van der Waals surface area contributed by atoms with Crippen LogP contribution < -0.4 is 15.2 Å². The highest BCUT2D eigenvalue weighted by atomic mass is 16.5. The van der Waals surface area contributed by atoms with Gasteiger partial charge in [0.2, 0.25) is 5.88 Å². The van der Waals surface area contributed by atoms with Crippen molar-refractivity contribution >= 4 is 22.8 Å². The van der Waals surface area contributed by atoms with Gasteiger partial charge in [-0.05, 0) is 74.5 Å². The minimum absolute atomic E-state index is 0.0541. The molecule has 0 aliphatic rings. The topological polar surface area (TPSA) is 117 Å². The summed E-state index contributed by atoms with van der Waals surface area (Å²) in [6.45, 7) is 3.91. The molecular weight excluding hydrogens is 422 g/mol. The number of aromatic nitrogens is 2. The van der Waals surface area contributed by atoms with Crippen LogP contribution in [0.3, 0.4) is 0 Å². The van der Waals surface area contributed by atoms with E-state index in [9.17, 15) is 14.7 Å². The van der Waals surface area contributed by atoms with Crippen molar-refractivity contribution in [3.05, 3.63) is 78.1 Å². The lowest BCUT2D eigenvalue weighted by atomic mass is 10.2. The molecule has 0 fully saturated rings. The number of carboxylic acid groups (broad SMARTS) is 1. The highest BCUT2D eigenvalue weighted by Crippen LogP contribution is 2.31. The van der Waals surface area contributed by atoms with Crippen LogP contribution in [0.15, 0.2) is 66.9 Å². The average molecular weight is 445 g/mol. The molecule has 0 radical (unpaired) electrons. The minimum atomic E-state index is -0.935. The van der Waals surface area contributed by atoms with Crippen LogP contribution in [0.2, 0.25) is 0 Å². The summed E-state index contributed by atoms with van der Waals surface area (Å²) < 4.78 is 13.4. The highest BCUT2D eigenvalue weighted by Gasteiger charge is 2.16. The number of carbonyl (C=O) groups is 2. The molecule has 8 nitrogen and oxygen atoms in total. The van der Waals surface area contributed by atoms with E-state index in [1.54, 1.807) is 18.2 Å². The Labute approximate surface area is 190 Å². The molecule has 2 aromatic carbocycles. The van der Waals surface area contributed by atoms with E-state index >= 15 is 0 Å². The van der Waals surface area contributed by atoms with Crippen molar-refractivity contribution in [1.29, 1.82) is 0 Å². The van der Waals surface area contributed by atoms with Crippen LogP contribution >= 0.6 is 0 Å². The quantitative estimate of drug-likeness (QED) is 0.417. The van der Waals surface area contributed by atoms with Crippen molar-refractivity contribution in [1.82, 2.24) is 9.55 Å². The number of pyridine rings is 1. The molecule has 0 atom stereocenters. The zero-order chi connectivity index (χ0) is 23.5. The molecule has 0 unspecified atom stereocenters. The molecule has 3 N–H and O–H groups in total. The molecule has 168 valence electrons. The Morgan fingerprint density at radius 3 is 2.45 bits per heavy atom. The molecule has 0 saturated heterocycles. The van der Waals surface area contributed by atoms with Gasteiger partial charge in [0.25, 0.3) is 5.91 Å². The lowest BCUT2D eigenvalue weighted by Crippen LogP contribution is -2.12. The standard InChI is InChI=1S/C25H23N3O5/c1-15(2)32-19-7-5-17(6-8-19)28-18(14-23(29)30)12-16-13-20(9-10-22(16)28)33-25-21(24(26)31)4-3-11-27-25/h3-13,15H,14H2,1-2H3,(H2,26,31)(H,29,30). The van der Waals surface area contributed by atoms with E-state index in [0.29, 0.717) is 11.4 Å². The molecule has 4 aromatic rings. The first kappa shape index (κ1) is 21.9. The first-order valence-electron chi connectivity index (χ1n) is 10.4. The Bertz CT molecular complexity index is 1330. The van der Waals surface area contributed by atoms with E-state index in [0.717, 1.165) is 22.3 Å². The number of amides is 1. The first-order valence-corrected chi connectivity index (χ1v) is 10.4. The van der Waals surface area contributed by atoms with Gasteiger partial charge >= 0.3 is 5.97 Å². The number of carboxylic acids is 1. The Kier molecular flexibility index (Phi) is 5.99. The second kappa shape index (κ2) is 9.04. The van der Waals surface area contributed by atoms with Crippen LogP contribution in [-0.2, 0) is 11.2 Å². The molecule has 33 heavy (non-hydrogen) atoms. The second-order valence-electron chi connectivity index (χ2n) is 7.75. The number of carbonyl (C=O) groups excluding carboxylic acids is 1. The molecule has 1 amide bonds. The first-order chi connectivity index (χ1) is 15.8. The van der Waals surface area contributed by atoms with Crippen LogP contribution in [0, 0.1) is 0 Å². The normalized spacial score (nSPS) is 11.0. The van der Waals surface area contributed by atoms with Crippen molar-refractivity contribution in [2.75, 3.05) is 0 Å². The average Bonchev–Trinajstić information content (AvgIpc) is 3.10. The molecule has 2 aromatic heterocycles. The van der Waals surface area contributed by atoms with E-state index in [1.807, 2.05) is 54.8 Å². The molecule has 0 saturated carbocycles. The van der Waals surface area contributed by atoms with Gasteiger partial charge in [-0.15, -0.1) is 0 Å². The maximum absolute atomic E-state index is 11.6. The van der Waals surface area contributed by atoms with E-state index in [1.165, 1.54) is 12.3 Å². The number of aliphatic carboxylic acids is 1. The van der Waals surface area contributed by atoms with Crippen molar-refractivity contribution < 1.29 is 24.2 Å². The van der Waals surface area contributed by atoms with Gasteiger partial charge in [0.05, 0.1) is 18.0 Å². The largest absolute Gasteiger partial charge is 0.491 e. The summed E-state index contributed by atoms with van der Waals surface area (Å²) in [5, 5.41) is 10.2. The summed E-state index contributed by atoms with van der Waals surface area (Å²) in [4.78, 5) is 27.2. The predicted molar refractivity (Wildman–Crippen MR) is 123 cm³/mol. The van der Waals surface area contributed by atoms with Crippen molar-refractivity contribution in [2.24, 2.45) is 5.73 Å². The zero-order valence-corrected chi connectivity index (χ0v) is 18.2. The van der Waals surface area contributed by atoms with E-state index < -0.39 is 11.9 Å². The molecule has 0 aliphatic carbocycles. The summed E-state index contributed by atoms with van der Waals surface area (Å²) in [6, 6.07) is 17.8. The van der Waals surface area contributed by atoms with Crippen LogP contribution in [0.25, 0.3) is 16.6 Å². The van der Waals surface area contributed by atoms with Gasteiger partial charge < -0.3 is 24.9 Å². The summed E-state index contributed by atoms with van der Waals surface area (Å²) in [7, 11) is 0. The third-order valence-electron chi connectivity index (χ3n) is 4.90. The summed E-state index contributed by atoms with van der Waals surface area (Å²) in [6.07, 6.45) is 1.41. The summed E-state index contributed by atoms with van der Waals surface area (Å²) in [5.74, 6) is -0.283. The maximum Gasteiger partial charge on any atom is 0.309 e. The Balaban J connectivity index is 1.75. The predicted octanol–water partition coefficient (Wildman–Crippen LogP) is 4.33. The van der Waals surface area contributed by atoms with Crippen LogP contribution in [0.1, 0.15) is 29.9 Å². The maximum atomic E-state index is 11.6. The Morgan fingerprint density at radius 2 is 1.79 bits per heavy atom. The molecule has 8 heteroatoms. The molecular formula is C25H23N3O5. The van der Waals surface area contributed by atoms with E-state index in [4.69, 9.17) is 15.2 Å². The summed E-state index contributed by atoms with van der Waals surface area (Å²) in [5.41, 5.74) is 7.81. The number of hydrogen-bond acceptors (Lipinski definition) is 5. The third kappa shape index (κ3) is 4.79. The molecule has 2 heterocycles. The molecule has 0 aliphatic heterocycles. The molecule has 0 spiro atoms.